The number of furan rings is 1. The van der Waals surface area contributed by atoms with Crippen LogP contribution in [-0.4, -0.2) is 32.1 Å². The van der Waals surface area contributed by atoms with Gasteiger partial charge in [-0.3, -0.25) is 14.9 Å². The quantitative estimate of drug-likeness (QED) is 0.365. The van der Waals surface area contributed by atoms with Gasteiger partial charge in [-0.2, -0.15) is 10.1 Å². The summed E-state index contributed by atoms with van der Waals surface area (Å²) in [6.07, 6.45) is 1.36. The second-order valence-electron chi connectivity index (χ2n) is 4.48. The number of hydrogen-bond acceptors (Lipinski definition) is 7. The minimum absolute atomic E-state index is 0.0439. The van der Waals surface area contributed by atoms with Crippen LogP contribution in [-0.2, 0) is 4.79 Å². The van der Waals surface area contributed by atoms with Crippen LogP contribution in [0.3, 0.4) is 0 Å². The summed E-state index contributed by atoms with van der Waals surface area (Å²) in [5, 5.41) is 16.2. The Morgan fingerprint density at radius 2 is 2.13 bits per heavy atom. The maximum absolute atomic E-state index is 11.6. The van der Waals surface area contributed by atoms with Gasteiger partial charge in [0.05, 0.1) is 22.5 Å². The van der Waals surface area contributed by atoms with Gasteiger partial charge in [-0.25, -0.2) is 0 Å². The predicted molar refractivity (Wildman–Crippen MR) is 90.3 cm³/mol. The molecule has 1 amide bonds. The van der Waals surface area contributed by atoms with E-state index in [0.29, 0.717) is 21.4 Å². The molecule has 9 heteroatoms. The van der Waals surface area contributed by atoms with Crippen LogP contribution in [0.5, 0.6) is 0 Å². The topological polar surface area (TPSA) is 89.0 Å². The molecule has 3 rings (SSSR count). The molecule has 0 aliphatic carbocycles. The number of benzene rings is 1. The molecule has 0 atom stereocenters. The van der Waals surface area contributed by atoms with E-state index in [4.69, 9.17) is 16.6 Å². The molecule has 1 aromatic heterocycles. The van der Waals surface area contributed by atoms with E-state index in [1.807, 2.05) is 0 Å². The molecule has 0 spiro atoms. The van der Waals surface area contributed by atoms with Crippen molar-refractivity contribution < 1.29 is 14.1 Å². The summed E-state index contributed by atoms with van der Waals surface area (Å²) >= 11 is 6.25. The van der Waals surface area contributed by atoms with E-state index in [9.17, 15) is 14.9 Å². The number of nitro benzene ring substituents is 1. The lowest BCUT2D eigenvalue weighted by molar-refractivity contribution is -0.384. The lowest BCUT2D eigenvalue weighted by Crippen LogP contribution is -2.22. The maximum Gasteiger partial charge on any atom is 0.280 e. The molecule has 7 nitrogen and oxygen atoms in total. The van der Waals surface area contributed by atoms with Crippen molar-refractivity contribution in [3.63, 3.8) is 0 Å². The molecule has 0 bridgehead atoms. The molecule has 1 aliphatic rings. The van der Waals surface area contributed by atoms with Crippen molar-refractivity contribution in [1.82, 2.24) is 5.01 Å². The zero-order chi connectivity index (χ0) is 16.4. The van der Waals surface area contributed by atoms with Gasteiger partial charge in [0.15, 0.2) is 4.32 Å². The Morgan fingerprint density at radius 1 is 1.35 bits per heavy atom. The Hall–Kier alpha value is -2.52. The summed E-state index contributed by atoms with van der Waals surface area (Å²) in [5.74, 6) is 0.798. The van der Waals surface area contributed by atoms with E-state index in [1.165, 1.54) is 24.0 Å². The first-order valence-corrected chi connectivity index (χ1v) is 7.83. The summed E-state index contributed by atoms with van der Waals surface area (Å²) in [7, 11) is 0. The Kier molecular flexibility index (Phi) is 4.22. The van der Waals surface area contributed by atoms with Gasteiger partial charge in [-0.05, 0) is 18.2 Å². The number of hydrazone groups is 1. The van der Waals surface area contributed by atoms with Crippen LogP contribution in [0.15, 0.2) is 45.9 Å². The Bertz CT molecular complexity index is 815. The fourth-order valence-electron chi connectivity index (χ4n) is 1.98. The van der Waals surface area contributed by atoms with Gasteiger partial charge in [0, 0.05) is 6.07 Å². The molecule has 0 radical (unpaired) electrons. The van der Waals surface area contributed by atoms with Crippen LogP contribution in [0, 0.1) is 10.1 Å². The summed E-state index contributed by atoms with van der Waals surface area (Å²) in [5.41, 5.74) is 0.332. The summed E-state index contributed by atoms with van der Waals surface area (Å²) in [4.78, 5) is 22.1. The predicted octanol–water partition coefficient (Wildman–Crippen LogP) is 3.05. The van der Waals surface area contributed by atoms with E-state index < -0.39 is 4.92 Å². The zero-order valence-corrected chi connectivity index (χ0v) is 13.2. The highest BCUT2D eigenvalue weighted by Crippen LogP contribution is 2.30. The van der Waals surface area contributed by atoms with Crippen LogP contribution in [0.1, 0.15) is 5.76 Å². The van der Waals surface area contributed by atoms with Crippen LogP contribution < -0.4 is 0 Å². The second-order valence-corrected chi connectivity index (χ2v) is 6.09. The Balaban J connectivity index is 1.86. The fourth-order valence-corrected chi connectivity index (χ4v) is 2.95. The molecule has 0 N–H and O–H groups in total. The molecular weight excluding hydrogens is 338 g/mol. The number of thiocarbonyl (C=S) groups is 1. The van der Waals surface area contributed by atoms with Crippen molar-refractivity contribution in [3.8, 4) is 11.3 Å². The average molecular weight is 347 g/mol. The minimum Gasteiger partial charge on any atom is -0.455 e. The lowest BCUT2D eigenvalue weighted by Gasteiger charge is -2.05. The standard InChI is InChI=1S/C14H9N3O4S2/c18-13-8-23-14(22)16(13)15-7-9-5-6-12(21-9)10-3-1-2-4-11(10)17(19)20/h1-7H,8H2. The first-order valence-electron chi connectivity index (χ1n) is 6.43. The number of para-hydroxylation sites is 1. The Labute approximate surface area is 140 Å². The van der Waals surface area contributed by atoms with Crippen molar-refractivity contribution in [3.05, 3.63) is 52.3 Å². The highest BCUT2D eigenvalue weighted by molar-refractivity contribution is 8.23. The van der Waals surface area contributed by atoms with Crippen molar-refractivity contribution in [2.75, 3.05) is 5.75 Å². The lowest BCUT2D eigenvalue weighted by atomic mass is 10.1. The van der Waals surface area contributed by atoms with E-state index in [0.717, 1.165) is 5.01 Å². The van der Waals surface area contributed by atoms with Gasteiger partial charge < -0.3 is 4.42 Å². The molecule has 2 heterocycles. The first-order chi connectivity index (χ1) is 11.1. The highest BCUT2D eigenvalue weighted by Gasteiger charge is 2.26. The van der Waals surface area contributed by atoms with Crippen LogP contribution in [0.4, 0.5) is 5.69 Å². The van der Waals surface area contributed by atoms with E-state index in [2.05, 4.69) is 5.10 Å². The molecule has 23 heavy (non-hydrogen) atoms. The maximum atomic E-state index is 11.6. The molecule has 0 unspecified atom stereocenters. The molecular formula is C14H9N3O4S2. The third kappa shape index (κ3) is 3.15. The van der Waals surface area contributed by atoms with Crippen molar-refractivity contribution >= 4 is 46.1 Å². The zero-order valence-electron chi connectivity index (χ0n) is 11.5. The molecule has 0 saturated carbocycles. The number of rotatable bonds is 4. The SMILES string of the molecule is O=C1CSC(=S)N1N=Cc1ccc(-c2ccccc2[N+](=O)[O-])o1. The average Bonchev–Trinajstić information content (AvgIpc) is 3.13. The fraction of sp³-hybridized carbons (Fsp3) is 0.0714. The molecule has 1 aromatic carbocycles. The monoisotopic (exact) mass is 347 g/mol. The number of hydrogen-bond donors (Lipinski definition) is 0. The van der Waals surface area contributed by atoms with Gasteiger partial charge in [-0.15, -0.1) is 0 Å². The van der Waals surface area contributed by atoms with E-state index >= 15 is 0 Å². The minimum atomic E-state index is -0.468. The van der Waals surface area contributed by atoms with Crippen molar-refractivity contribution in [2.24, 2.45) is 5.10 Å². The van der Waals surface area contributed by atoms with E-state index in [-0.39, 0.29) is 17.3 Å². The molecule has 1 fully saturated rings. The summed E-state index contributed by atoms with van der Waals surface area (Å²) in [6.45, 7) is 0. The summed E-state index contributed by atoms with van der Waals surface area (Å²) < 4.78 is 5.93. The number of thioether (sulfide) groups is 1. The number of carbonyl (C=O) groups excluding carboxylic acids is 1. The number of amides is 1. The summed E-state index contributed by atoms with van der Waals surface area (Å²) in [6, 6.07) is 9.52. The molecule has 116 valence electrons. The number of nitrogens with zero attached hydrogens (tertiary/aromatic N) is 3. The molecule has 2 aromatic rings. The number of nitro groups is 1. The van der Waals surface area contributed by atoms with Crippen LogP contribution >= 0.6 is 24.0 Å². The molecule has 1 aliphatic heterocycles. The van der Waals surface area contributed by atoms with Gasteiger partial charge in [0.2, 0.25) is 0 Å². The van der Waals surface area contributed by atoms with Crippen LogP contribution in [0.25, 0.3) is 11.3 Å². The largest absolute Gasteiger partial charge is 0.455 e. The van der Waals surface area contributed by atoms with Crippen molar-refractivity contribution in [2.45, 2.75) is 0 Å². The van der Waals surface area contributed by atoms with Gasteiger partial charge in [-0.1, -0.05) is 36.1 Å². The second kappa shape index (κ2) is 6.31. The van der Waals surface area contributed by atoms with Crippen LogP contribution in [0.2, 0.25) is 0 Å². The smallest absolute Gasteiger partial charge is 0.280 e. The molecule has 1 saturated heterocycles. The highest BCUT2D eigenvalue weighted by atomic mass is 32.2. The normalized spacial score (nSPS) is 14.9. The van der Waals surface area contributed by atoms with E-state index in [1.54, 1.807) is 30.3 Å². The Morgan fingerprint density at radius 3 is 2.83 bits per heavy atom. The number of carbonyl (C=O) groups is 1. The first kappa shape index (κ1) is 15.4. The van der Waals surface area contributed by atoms with Gasteiger partial charge in [0.25, 0.3) is 11.6 Å². The van der Waals surface area contributed by atoms with Gasteiger partial charge in [0.1, 0.15) is 11.5 Å². The van der Waals surface area contributed by atoms with Crippen molar-refractivity contribution in [1.29, 1.82) is 0 Å². The third-order valence-electron chi connectivity index (χ3n) is 3.02. The van der Waals surface area contributed by atoms with Gasteiger partial charge >= 0.3 is 0 Å². The third-order valence-corrected chi connectivity index (χ3v) is 4.36.